The summed E-state index contributed by atoms with van der Waals surface area (Å²) in [6.07, 6.45) is 1.49. The Bertz CT molecular complexity index is 825. The number of oxazole rings is 1. The first kappa shape index (κ1) is 19.2. The molecular formula is C23H26NO3. The maximum absolute atomic E-state index is 5.86. The highest BCUT2D eigenvalue weighted by molar-refractivity contribution is 5.53. The fourth-order valence-electron chi connectivity index (χ4n) is 2.91. The Morgan fingerprint density at radius 3 is 2.52 bits per heavy atom. The molecule has 0 N–H and O–H groups in total. The van der Waals surface area contributed by atoms with Crippen LogP contribution in [0.3, 0.4) is 0 Å². The number of nitrogens with zero attached hydrogens (tertiary/aromatic N) is 1. The van der Waals surface area contributed by atoms with E-state index in [1.165, 1.54) is 5.56 Å². The third kappa shape index (κ3) is 5.44. The van der Waals surface area contributed by atoms with Gasteiger partial charge in [0, 0.05) is 18.6 Å². The highest BCUT2D eigenvalue weighted by Crippen LogP contribution is 2.22. The summed E-state index contributed by atoms with van der Waals surface area (Å²) < 4.78 is 17.1. The third-order valence-corrected chi connectivity index (χ3v) is 4.31. The molecule has 27 heavy (non-hydrogen) atoms. The molecule has 0 fully saturated rings. The van der Waals surface area contributed by atoms with Gasteiger partial charge < -0.3 is 13.9 Å². The van der Waals surface area contributed by atoms with Gasteiger partial charge >= 0.3 is 0 Å². The number of aromatic nitrogens is 1. The quantitative estimate of drug-likeness (QED) is 0.533. The monoisotopic (exact) mass is 364 g/mol. The zero-order valence-electron chi connectivity index (χ0n) is 16.0. The number of benzene rings is 2. The molecule has 0 aliphatic rings. The van der Waals surface area contributed by atoms with Crippen molar-refractivity contribution in [2.75, 3.05) is 13.2 Å². The predicted octanol–water partition coefficient (Wildman–Crippen LogP) is 5.05. The highest BCUT2D eigenvalue weighted by Gasteiger charge is 2.11. The molecule has 141 valence electrons. The lowest BCUT2D eigenvalue weighted by Gasteiger charge is -2.12. The molecule has 0 bridgehead atoms. The van der Waals surface area contributed by atoms with Crippen LogP contribution in [0.25, 0.3) is 11.5 Å². The minimum absolute atomic E-state index is 0.0179. The SMILES string of the molecule is [CH2][C@@H](Cc1ccc(OCCc2nc(-c3ccccc3)oc2C)cc1)OCC. The van der Waals surface area contributed by atoms with Crippen molar-refractivity contribution < 1.29 is 13.9 Å². The van der Waals surface area contributed by atoms with Crippen molar-refractivity contribution in [1.29, 1.82) is 0 Å². The van der Waals surface area contributed by atoms with Crippen LogP contribution in [0.5, 0.6) is 5.75 Å². The molecule has 3 rings (SSSR count). The minimum Gasteiger partial charge on any atom is -0.493 e. The van der Waals surface area contributed by atoms with Crippen LogP contribution in [-0.4, -0.2) is 24.3 Å². The van der Waals surface area contributed by atoms with Crippen molar-refractivity contribution >= 4 is 0 Å². The summed E-state index contributed by atoms with van der Waals surface area (Å²) in [6, 6.07) is 18.0. The Balaban J connectivity index is 1.52. The molecule has 4 nitrogen and oxygen atoms in total. The van der Waals surface area contributed by atoms with Crippen LogP contribution in [0, 0.1) is 13.8 Å². The van der Waals surface area contributed by atoms with Crippen LogP contribution in [0.15, 0.2) is 59.0 Å². The molecule has 0 saturated carbocycles. The average Bonchev–Trinajstić information content (AvgIpc) is 3.05. The fraction of sp³-hybridized carbons (Fsp3) is 0.304. The zero-order chi connectivity index (χ0) is 19.1. The number of rotatable bonds is 9. The van der Waals surface area contributed by atoms with Crippen molar-refractivity contribution in [3.63, 3.8) is 0 Å². The Morgan fingerprint density at radius 2 is 1.81 bits per heavy atom. The summed E-state index contributed by atoms with van der Waals surface area (Å²) in [7, 11) is 0. The smallest absolute Gasteiger partial charge is 0.226 e. The summed E-state index contributed by atoms with van der Waals surface area (Å²) in [6.45, 7) is 9.15. The maximum atomic E-state index is 5.86. The van der Waals surface area contributed by atoms with Gasteiger partial charge in [0.2, 0.25) is 5.89 Å². The summed E-state index contributed by atoms with van der Waals surface area (Å²) in [5.74, 6) is 2.34. The van der Waals surface area contributed by atoms with E-state index in [-0.39, 0.29) is 6.10 Å². The number of hydrogen-bond acceptors (Lipinski definition) is 4. The Labute approximate surface area is 161 Å². The van der Waals surface area contributed by atoms with E-state index in [1.807, 2.05) is 56.3 Å². The standard InChI is InChI=1S/C23H26NO3/c1-4-25-17(2)16-19-10-12-21(13-11-19)26-15-14-22-18(3)27-23(24-22)20-8-6-5-7-9-20/h5-13,17H,2,4,14-16H2,1,3H3/t17-/m0/s1. The van der Waals surface area contributed by atoms with E-state index in [4.69, 9.17) is 13.9 Å². The van der Waals surface area contributed by atoms with Gasteiger partial charge in [0.25, 0.3) is 0 Å². The van der Waals surface area contributed by atoms with Gasteiger partial charge in [-0.1, -0.05) is 30.3 Å². The molecule has 0 aliphatic heterocycles. The fourth-order valence-corrected chi connectivity index (χ4v) is 2.91. The van der Waals surface area contributed by atoms with Crippen LogP contribution < -0.4 is 4.74 Å². The second-order valence-electron chi connectivity index (χ2n) is 6.41. The van der Waals surface area contributed by atoms with E-state index in [0.717, 1.165) is 29.2 Å². The molecule has 0 spiro atoms. The first-order valence-electron chi connectivity index (χ1n) is 9.34. The van der Waals surface area contributed by atoms with E-state index in [9.17, 15) is 0 Å². The van der Waals surface area contributed by atoms with E-state index < -0.39 is 0 Å². The second kappa shape index (κ2) is 9.38. The maximum Gasteiger partial charge on any atom is 0.226 e. The Hall–Kier alpha value is -2.59. The summed E-state index contributed by atoms with van der Waals surface area (Å²) in [5, 5.41) is 0. The lowest BCUT2D eigenvalue weighted by Crippen LogP contribution is -2.11. The molecule has 1 aromatic heterocycles. The molecule has 0 saturated heterocycles. The molecule has 0 unspecified atom stereocenters. The van der Waals surface area contributed by atoms with Crippen LogP contribution in [0.2, 0.25) is 0 Å². The Morgan fingerprint density at radius 1 is 1.07 bits per heavy atom. The minimum atomic E-state index is -0.0179. The van der Waals surface area contributed by atoms with Crippen LogP contribution in [0.1, 0.15) is 23.9 Å². The molecule has 1 heterocycles. The van der Waals surface area contributed by atoms with Crippen molar-refractivity contribution in [2.24, 2.45) is 0 Å². The van der Waals surface area contributed by atoms with Crippen molar-refractivity contribution in [1.82, 2.24) is 4.98 Å². The highest BCUT2D eigenvalue weighted by atomic mass is 16.5. The first-order valence-corrected chi connectivity index (χ1v) is 9.34. The van der Waals surface area contributed by atoms with Crippen molar-refractivity contribution in [3.8, 4) is 17.2 Å². The van der Waals surface area contributed by atoms with E-state index in [1.54, 1.807) is 0 Å². The van der Waals surface area contributed by atoms with Gasteiger partial charge in [-0.3, -0.25) is 0 Å². The molecular weight excluding hydrogens is 338 g/mol. The first-order chi connectivity index (χ1) is 13.2. The summed E-state index contributed by atoms with van der Waals surface area (Å²) in [5.41, 5.74) is 3.11. The van der Waals surface area contributed by atoms with Gasteiger partial charge in [-0.05, 0) is 57.0 Å². The van der Waals surface area contributed by atoms with Crippen LogP contribution in [0.4, 0.5) is 0 Å². The number of hydrogen-bond donors (Lipinski definition) is 0. The van der Waals surface area contributed by atoms with E-state index in [2.05, 4.69) is 24.0 Å². The van der Waals surface area contributed by atoms with Crippen LogP contribution in [-0.2, 0) is 17.6 Å². The van der Waals surface area contributed by atoms with Gasteiger partial charge in [-0.25, -0.2) is 4.98 Å². The largest absolute Gasteiger partial charge is 0.493 e. The Kier molecular flexibility index (Phi) is 6.66. The third-order valence-electron chi connectivity index (χ3n) is 4.31. The zero-order valence-corrected chi connectivity index (χ0v) is 16.0. The predicted molar refractivity (Wildman–Crippen MR) is 107 cm³/mol. The van der Waals surface area contributed by atoms with Gasteiger partial charge in [-0.15, -0.1) is 0 Å². The number of ether oxygens (including phenoxy) is 2. The topological polar surface area (TPSA) is 44.5 Å². The lowest BCUT2D eigenvalue weighted by molar-refractivity contribution is 0.0948. The molecule has 3 aromatic rings. The molecule has 2 aromatic carbocycles. The average molecular weight is 364 g/mol. The molecule has 1 atom stereocenters. The van der Waals surface area contributed by atoms with Gasteiger partial charge in [-0.2, -0.15) is 0 Å². The molecule has 4 heteroatoms. The molecule has 0 amide bonds. The van der Waals surface area contributed by atoms with Crippen molar-refractivity contribution in [3.05, 3.63) is 78.5 Å². The lowest BCUT2D eigenvalue weighted by atomic mass is 10.1. The summed E-state index contributed by atoms with van der Waals surface area (Å²) in [4.78, 5) is 4.61. The normalized spacial score (nSPS) is 12.1. The van der Waals surface area contributed by atoms with E-state index >= 15 is 0 Å². The van der Waals surface area contributed by atoms with Crippen molar-refractivity contribution in [2.45, 2.75) is 32.8 Å². The van der Waals surface area contributed by atoms with E-state index in [0.29, 0.717) is 25.5 Å². The van der Waals surface area contributed by atoms with Gasteiger partial charge in [0.15, 0.2) is 0 Å². The molecule has 0 aliphatic carbocycles. The summed E-state index contributed by atoms with van der Waals surface area (Å²) >= 11 is 0. The van der Waals surface area contributed by atoms with Gasteiger partial charge in [0.1, 0.15) is 11.5 Å². The number of aryl methyl sites for hydroxylation is 1. The van der Waals surface area contributed by atoms with Crippen LogP contribution >= 0.6 is 0 Å². The van der Waals surface area contributed by atoms with Gasteiger partial charge in [0.05, 0.1) is 18.4 Å². The molecule has 1 radical (unpaired) electrons. The second-order valence-corrected chi connectivity index (χ2v) is 6.41.